The van der Waals surface area contributed by atoms with Crippen molar-refractivity contribution in [3.05, 3.63) is 36.9 Å². The van der Waals surface area contributed by atoms with Crippen molar-refractivity contribution in [3.63, 3.8) is 0 Å². The maximum atomic E-state index is 12.8. The number of aliphatic carboxylic acids is 1. The average molecular weight is 1030 g/mol. The Kier molecular flexibility index (Phi) is 39.0. The molecule has 412 valence electrons. The molecule has 0 saturated heterocycles. The van der Waals surface area contributed by atoms with Crippen LogP contribution in [0.4, 0.5) is 0 Å². The molecule has 0 heterocycles. The molecule has 6 N–H and O–H groups in total. The van der Waals surface area contributed by atoms with E-state index in [2.05, 4.69) is 21.3 Å². The van der Waals surface area contributed by atoms with Crippen LogP contribution in [0.1, 0.15) is 159 Å². The molecule has 0 aliphatic rings. The molecule has 20 nitrogen and oxygen atoms in total. The van der Waals surface area contributed by atoms with E-state index in [-0.39, 0.29) is 157 Å². The minimum atomic E-state index is -1.19. The SMILES string of the molecule is [CH]N[C@@H](CCC)C(=O)CC[C@@H](CCCCNC(=O)COCCOCCNC(=O)COCCOCCCC(=O)CC[C@H](NC(=O)CCCCCCCCCOc1ccc(C(=O)O)cc1)C(=O)O)C(=O)CCC(C)=O. The number of aromatic carboxylic acids is 1. The Labute approximate surface area is 431 Å². The molecule has 3 amide bonds. The molecule has 0 fully saturated rings. The number of benzene rings is 1. The van der Waals surface area contributed by atoms with Gasteiger partial charge in [0.05, 0.1) is 51.2 Å². The third kappa shape index (κ3) is 36.4. The quantitative estimate of drug-likeness (QED) is 0.0353. The smallest absolute Gasteiger partial charge is 0.335 e. The first-order chi connectivity index (χ1) is 35.2. The number of unbranched alkanes of at least 4 members (excludes halogenated alkanes) is 7. The topological polar surface area (TPSA) is 288 Å². The van der Waals surface area contributed by atoms with E-state index in [1.165, 1.54) is 19.1 Å². The first-order valence-corrected chi connectivity index (χ1v) is 26.0. The van der Waals surface area contributed by atoms with Crippen molar-refractivity contribution in [1.29, 1.82) is 0 Å². The number of carboxylic acids is 2. The molecule has 1 aromatic carbocycles. The lowest BCUT2D eigenvalue weighted by Crippen LogP contribution is -2.41. The highest BCUT2D eigenvalue weighted by molar-refractivity contribution is 5.89. The molecule has 0 saturated carbocycles. The minimum absolute atomic E-state index is 0.000473. The predicted molar refractivity (Wildman–Crippen MR) is 271 cm³/mol. The zero-order valence-electron chi connectivity index (χ0n) is 43.4. The maximum Gasteiger partial charge on any atom is 0.335 e. The second-order valence-electron chi connectivity index (χ2n) is 17.9. The first-order valence-electron chi connectivity index (χ1n) is 26.0. The molecule has 20 heteroatoms. The Morgan fingerprint density at radius 1 is 0.534 bits per heavy atom. The fourth-order valence-electron chi connectivity index (χ4n) is 7.44. The largest absolute Gasteiger partial charge is 0.494 e. The monoisotopic (exact) mass is 1030 g/mol. The van der Waals surface area contributed by atoms with Gasteiger partial charge in [-0.15, -0.1) is 0 Å². The molecule has 0 aliphatic carbocycles. The Morgan fingerprint density at radius 3 is 1.77 bits per heavy atom. The van der Waals surface area contributed by atoms with E-state index in [1.54, 1.807) is 12.1 Å². The lowest BCUT2D eigenvalue weighted by molar-refractivity contribution is -0.142. The van der Waals surface area contributed by atoms with Gasteiger partial charge in [-0.05, 0) is 82.6 Å². The summed E-state index contributed by atoms with van der Waals surface area (Å²) < 4.78 is 27.2. The van der Waals surface area contributed by atoms with Crippen molar-refractivity contribution in [3.8, 4) is 5.75 Å². The number of ketones is 4. The summed E-state index contributed by atoms with van der Waals surface area (Å²) in [5, 5.41) is 29.0. The van der Waals surface area contributed by atoms with Crippen LogP contribution in [0.3, 0.4) is 0 Å². The van der Waals surface area contributed by atoms with Crippen molar-refractivity contribution in [1.82, 2.24) is 21.3 Å². The van der Waals surface area contributed by atoms with Crippen molar-refractivity contribution in [2.75, 3.05) is 72.6 Å². The van der Waals surface area contributed by atoms with Gasteiger partial charge in [0.25, 0.3) is 0 Å². The van der Waals surface area contributed by atoms with E-state index in [0.717, 1.165) is 44.9 Å². The average Bonchev–Trinajstić information content (AvgIpc) is 3.36. The predicted octanol–water partition coefficient (Wildman–Crippen LogP) is 5.38. The minimum Gasteiger partial charge on any atom is -0.494 e. The van der Waals surface area contributed by atoms with Gasteiger partial charge in [-0.25, -0.2) is 9.59 Å². The van der Waals surface area contributed by atoms with Crippen molar-refractivity contribution in [2.45, 2.75) is 161 Å². The molecular formula is C53H84N4O16. The highest BCUT2D eigenvalue weighted by atomic mass is 16.5. The van der Waals surface area contributed by atoms with E-state index in [1.807, 2.05) is 6.92 Å². The number of ether oxygens (including phenoxy) is 5. The van der Waals surface area contributed by atoms with Gasteiger partial charge in [0.1, 0.15) is 48.1 Å². The standard InChI is InChI=1S/C53H84N4O16/c1-4-15-45(54-3)48(61)28-22-41(47(60)27-19-40(2)58)16-11-12-29-55-50(63)38-72-37-35-70-33-30-56-51(64)39-71-36-34-69-31-14-17-43(59)23-26-46(53(67)68)57-49(62)18-10-8-6-5-7-9-13-32-73-44-24-20-42(21-25-44)52(65)66/h3,20-21,24-25,41,45-46,54H,4-19,22-23,26-39H2,1-2H3,(H,55,63)(H,56,64)(H,57,62)(H,65,66)(H,67,68)/t41-,45+,46+/m1/s1. The van der Waals surface area contributed by atoms with E-state index >= 15 is 0 Å². The van der Waals surface area contributed by atoms with Crippen LogP contribution in [0.2, 0.25) is 0 Å². The summed E-state index contributed by atoms with van der Waals surface area (Å²) in [5.74, 6) is -3.12. The Balaban J connectivity index is 2.01. The molecule has 0 spiro atoms. The number of carboxylic acid groups (broad SMARTS) is 2. The van der Waals surface area contributed by atoms with E-state index < -0.39 is 24.0 Å². The van der Waals surface area contributed by atoms with Crippen LogP contribution in [0.5, 0.6) is 5.75 Å². The first kappa shape index (κ1) is 65.9. The summed E-state index contributed by atoms with van der Waals surface area (Å²) in [4.78, 5) is 108. The van der Waals surface area contributed by atoms with E-state index in [0.29, 0.717) is 63.8 Å². The van der Waals surface area contributed by atoms with Gasteiger partial charge in [-0.3, -0.25) is 28.8 Å². The van der Waals surface area contributed by atoms with E-state index in [9.17, 15) is 48.3 Å². The fraction of sp³-hybridized carbons (Fsp3) is 0.698. The van der Waals surface area contributed by atoms with Crippen LogP contribution in [0, 0.1) is 13.0 Å². The van der Waals surface area contributed by atoms with Gasteiger partial charge < -0.3 is 60.0 Å². The van der Waals surface area contributed by atoms with Crippen LogP contribution < -0.4 is 26.0 Å². The number of rotatable bonds is 50. The summed E-state index contributed by atoms with van der Waals surface area (Å²) in [6.07, 6.45) is 11.4. The molecule has 0 aliphatic heterocycles. The second kappa shape index (κ2) is 43.3. The van der Waals surface area contributed by atoms with Crippen LogP contribution in [-0.2, 0) is 57.3 Å². The number of Topliss-reactive ketones (excluding diaryl/α,β-unsaturated/α-hetero) is 4. The summed E-state index contributed by atoms with van der Waals surface area (Å²) in [5.41, 5.74) is 0.212. The van der Waals surface area contributed by atoms with Crippen molar-refractivity contribution in [2.24, 2.45) is 5.92 Å². The zero-order valence-corrected chi connectivity index (χ0v) is 43.4. The maximum absolute atomic E-state index is 12.8. The third-order valence-corrected chi connectivity index (χ3v) is 11.7. The highest BCUT2D eigenvalue weighted by Crippen LogP contribution is 2.20. The van der Waals surface area contributed by atoms with Crippen LogP contribution in [0.25, 0.3) is 0 Å². The summed E-state index contributed by atoms with van der Waals surface area (Å²) >= 11 is 0. The summed E-state index contributed by atoms with van der Waals surface area (Å²) in [7, 11) is 5.52. The number of hydrogen-bond donors (Lipinski definition) is 6. The molecule has 1 rings (SSSR count). The van der Waals surface area contributed by atoms with Crippen molar-refractivity contribution >= 4 is 52.8 Å². The van der Waals surface area contributed by atoms with Crippen LogP contribution >= 0.6 is 0 Å². The van der Waals surface area contributed by atoms with E-state index in [4.69, 9.17) is 35.8 Å². The molecule has 0 bridgehead atoms. The third-order valence-electron chi connectivity index (χ3n) is 11.7. The Bertz CT molecular complexity index is 1760. The number of carbonyl (C=O) groups excluding carboxylic acids is 7. The second-order valence-corrected chi connectivity index (χ2v) is 17.9. The van der Waals surface area contributed by atoms with Gasteiger partial charge in [0, 0.05) is 71.2 Å². The van der Waals surface area contributed by atoms with Crippen molar-refractivity contribution < 1.29 is 77.0 Å². The van der Waals surface area contributed by atoms with Gasteiger partial charge in [-0.1, -0.05) is 51.9 Å². The normalized spacial score (nSPS) is 12.3. The van der Waals surface area contributed by atoms with Gasteiger partial charge in [-0.2, -0.15) is 0 Å². The molecule has 3 atom stereocenters. The molecule has 73 heavy (non-hydrogen) atoms. The van der Waals surface area contributed by atoms with Gasteiger partial charge >= 0.3 is 11.9 Å². The molecule has 2 radical (unpaired) electrons. The Hall–Kier alpha value is -5.15. The summed E-state index contributed by atoms with van der Waals surface area (Å²) in [6.45, 7) is 5.54. The van der Waals surface area contributed by atoms with Gasteiger partial charge in [0.15, 0.2) is 0 Å². The van der Waals surface area contributed by atoms with Crippen LogP contribution in [0.15, 0.2) is 24.3 Å². The fourth-order valence-corrected chi connectivity index (χ4v) is 7.44. The number of hydrogen-bond acceptors (Lipinski definition) is 15. The Morgan fingerprint density at radius 2 is 1.15 bits per heavy atom. The molecular weight excluding hydrogens is 949 g/mol. The lowest BCUT2D eigenvalue weighted by Gasteiger charge is -2.18. The lowest BCUT2D eigenvalue weighted by atomic mass is 9.88. The zero-order chi connectivity index (χ0) is 53.9. The van der Waals surface area contributed by atoms with Gasteiger partial charge in [0.2, 0.25) is 17.7 Å². The summed E-state index contributed by atoms with van der Waals surface area (Å²) in [6, 6.07) is 4.71. The molecule has 1 aromatic rings. The number of nitrogens with one attached hydrogen (secondary N) is 4. The highest BCUT2D eigenvalue weighted by Gasteiger charge is 2.23. The molecule has 0 unspecified atom stereocenters. The molecule has 0 aromatic heterocycles. The number of amides is 3. The number of carbonyl (C=O) groups is 9. The van der Waals surface area contributed by atoms with Crippen LogP contribution in [-0.4, -0.2) is 148 Å².